The van der Waals surface area contributed by atoms with E-state index in [4.69, 9.17) is 11.0 Å². The van der Waals surface area contributed by atoms with E-state index in [9.17, 15) is 4.79 Å². The van der Waals surface area contributed by atoms with Crippen LogP contribution in [0.1, 0.15) is 30.9 Å². The first-order valence-electron chi connectivity index (χ1n) is 6.17. The Morgan fingerprint density at radius 2 is 2.33 bits per heavy atom. The minimum Gasteiger partial charge on any atom is -0.334 e. The molecule has 1 aliphatic rings. The Balaban J connectivity index is 2.13. The van der Waals surface area contributed by atoms with Crippen molar-refractivity contribution in [3.63, 3.8) is 0 Å². The van der Waals surface area contributed by atoms with Crippen molar-refractivity contribution in [2.45, 2.75) is 38.4 Å². The van der Waals surface area contributed by atoms with Gasteiger partial charge < -0.3 is 10.6 Å². The number of nitriles is 1. The van der Waals surface area contributed by atoms with Gasteiger partial charge in [0.1, 0.15) is 0 Å². The Morgan fingerprint density at radius 3 is 2.89 bits per heavy atom. The van der Waals surface area contributed by atoms with Gasteiger partial charge in [0.25, 0.3) is 0 Å². The molecular weight excluding hydrogens is 226 g/mol. The Morgan fingerprint density at radius 1 is 1.61 bits per heavy atom. The fourth-order valence-electron chi connectivity index (χ4n) is 1.97. The Hall–Kier alpha value is -1.86. The Bertz CT molecular complexity index is 486. The molecule has 1 atom stereocenters. The smallest absolute Gasteiger partial charge is 0.239 e. The van der Waals surface area contributed by atoms with E-state index in [-0.39, 0.29) is 5.91 Å². The molecular formula is C14H17N3O. The molecule has 0 aromatic heterocycles. The summed E-state index contributed by atoms with van der Waals surface area (Å²) in [5.74, 6) is -0.0140. The Kier molecular flexibility index (Phi) is 3.63. The summed E-state index contributed by atoms with van der Waals surface area (Å²) in [5, 5.41) is 8.86. The minimum atomic E-state index is -0.468. The number of carbonyl (C=O) groups excluding carboxylic acids is 1. The lowest BCUT2D eigenvalue weighted by atomic mass is 10.1. The van der Waals surface area contributed by atoms with Crippen molar-refractivity contribution >= 4 is 5.91 Å². The molecule has 2 N–H and O–H groups in total. The van der Waals surface area contributed by atoms with Gasteiger partial charge in [-0.25, -0.2) is 0 Å². The van der Waals surface area contributed by atoms with Crippen LogP contribution in [0.3, 0.4) is 0 Å². The summed E-state index contributed by atoms with van der Waals surface area (Å²) in [6.45, 7) is 2.25. The molecule has 0 bridgehead atoms. The van der Waals surface area contributed by atoms with Gasteiger partial charge in [0, 0.05) is 12.6 Å². The van der Waals surface area contributed by atoms with E-state index in [0.29, 0.717) is 18.2 Å². The predicted molar refractivity (Wildman–Crippen MR) is 68.4 cm³/mol. The molecule has 2 rings (SSSR count). The van der Waals surface area contributed by atoms with Crippen LogP contribution in [0.4, 0.5) is 0 Å². The van der Waals surface area contributed by atoms with Gasteiger partial charge in [-0.1, -0.05) is 12.1 Å². The molecule has 1 saturated carbocycles. The topological polar surface area (TPSA) is 70.1 Å². The molecule has 0 heterocycles. The molecule has 1 aromatic carbocycles. The molecule has 0 radical (unpaired) electrons. The quantitative estimate of drug-likeness (QED) is 0.868. The van der Waals surface area contributed by atoms with Crippen molar-refractivity contribution in [1.29, 1.82) is 5.26 Å². The van der Waals surface area contributed by atoms with Crippen molar-refractivity contribution < 1.29 is 4.79 Å². The minimum absolute atomic E-state index is 0.0140. The number of hydrogen-bond donors (Lipinski definition) is 1. The fraction of sp³-hybridized carbons (Fsp3) is 0.429. The third kappa shape index (κ3) is 2.88. The van der Waals surface area contributed by atoms with Crippen molar-refractivity contribution in [2.75, 3.05) is 0 Å². The van der Waals surface area contributed by atoms with E-state index in [2.05, 4.69) is 6.07 Å². The molecule has 1 unspecified atom stereocenters. The number of benzene rings is 1. The van der Waals surface area contributed by atoms with Gasteiger partial charge in [0.2, 0.25) is 5.91 Å². The van der Waals surface area contributed by atoms with Gasteiger partial charge in [0.15, 0.2) is 0 Å². The first-order chi connectivity index (χ1) is 8.61. The Labute approximate surface area is 107 Å². The first kappa shape index (κ1) is 12.6. The van der Waals surface area contributed by atoms with Crippen molar-refractivity contribution in [3.05, 3.63) is 35.4 Å². The maximum absolute atomic E-state index is 12.0. The number of rotatable bonds is 4. The number of hydrogen-bond acceptors (Lipinski definition) is 3. The maximum atomic E-state index is 12.0. The average Bonchev–Trinajstić information content (AvgIpc) is 3.19. The summed E-state index contributed by atoms with van der Waals surface area (Å²) in [7, 11) is 0. The molecule has 0 saturated heterocycles. The number of nitrogens with zero attached hydrogens (tertiary/aromatic N) is 2. The molecule has 94 valence electrons. The standard InChI is InChI=1S/C14H17N3O/c1-10(16)14(18)17(13-5-6-13)9-12-4-2-3-11(7-12)8-15/h2-4,7,10,13H,5-6,9,16H2,1H3. The van der Waals surface area contributed by atoms with Crippen molar-refractivity contribution in [2.24, 2.45) is 5.73 Å². The molecule has 4 nitrogen and oxygen atoms in total. The maximum Gasteiger partial charge on any atom is 0.239 e. The summed E-state index contributed by atoms with van der Waals surface area (Å²) in [6, 6.07) is 9.33. The number of nitrogens with two attached hydrogens (primary N) is 1. The molecule has 1 fully saturated rings. The number of amides is 1. The molecule has 0 aliphatic heterocycles. The molecule has 1 aliphatic carbocycles. The second-order valence-electron chi connectivity index (χ2n) is 4.80. The molecule has 1 amide bonds. The summed E-state index contributed by atoms with van der Waals surface area (Å²) < 4.78 is 0. The molecule has 4 heteroatoms. The van der Waals surface area contributed by atoms with Crippen LogP contribution < -0.4 is 5.73 Å². The highest BCUT2D eigenvalue weighted by molar-refractivity contribution is 5.81. The van der Waals surface area contributed by atoms with E-state index in [1.807, 2.05) is 23.1 Å². The highest BCUT2D eigenvalue weighted by Crippen LogP contribution is 2.28. The van der Waals surface area contributed by atoms with E-state index in [1.165, 1.54) is 0 Å². The lowest BCUT2D eigenvalue weighted by Crippen LogP contribution is -2.42. The highest BCUT2D eigenvalue weighted by Gasteiger charge is 2.33. The van der Waals surface area contributed by atoms with E-state index < -0.39 is 6.04 Å². The zero-order valence-electron chi connectivity index (χ0n) is 10.5. The van der Waals surface area contributed by atoms with Gasteiger partial charge in [0.05, 0.1) is 17.7 Å². The molecule has 18 heavy (non-hydrogen) atoms. The third-order valence-electron chi connectivity index (χ3n) is 3.07. The summed E-state index contributed by atoms with van der Waals surface area (Å²) >= 11 is 0. The van der Waals surface area contributed by atoms with Gasteiger partial charge in [-0.05, 0) is 37.5 Å². The van der Waals surface area contributed by atoms with Gasteiger partial charge in [-0.15, -0.1) is 0 Å². The second kappa shape index (κ2) is 5.19. The van der Waals surface area contributed by atoms with E-state index in [1.54, 1.807) is 13.0 Å². The van der Waals surface area contributed by atoms with Gasteiger partial charge >= 0.3 is 0 Å². The monoisotopic (exact) mass is 243 g/mol. The van der Waals surface area contributed by atoms with Gasteiger partial charge in [-0.3, -0.25) is 4.79 Å². The van der Waals surface area contributed by atoms with Crippen molar-refractivity contribution in [3.8, 4) is 6.07 Å². The van der Waals surface area contributed by atoms with Crippen LogP contribution in [-0.2, 0) is 11.3 Å². The van der Waals surface area contributed by atoms with Crippen LogP contribution in [0.2, 0.25) is 0 Å². The second-order valence-corrected chi connectivity index (χ2v) is 4.80. The van der Waals surface area contributed by atoms with Crippen LogP contribution in [0.5, 0.6) is 0 Å². The summed E-state index contributed by atoms with van der Waals surface area (Å²) in [6.07, 6.45) is 2.10. The fourth-order valence-corrected chi connectivity index (χ4v) is 1.97. The van der Waals surface area contributed by atoms with Crippen LogP contribution in [0, 0.1) is 11.3 Å². The SMILES string of the molecule is CC(N)C(=O)N(Cc1cccc(C#N)c1)C1CC1. The lowest BCUT2D eigenvalue weighted by molar-refractivity contribution is -0.133. The van der Waals surface area contributed by atoms with Crippen LogP contribution in [0.25, 0.3) is 0 Å². The molecule has 1 aromatic rings. The van der Waals surface area contributed by atoms with Crippen molar-refractivity contribution in [1.82, 2.24) is 4.90 Å². The van der Waals surface area contributed by atoms with Crippen LogP contribution in [0.15, 0.2) is 24.3 Å². The zero-order valence-corrected chi connectivity index (χ0v) is 10.5. The largest absolute Gasteiger partial charge is 0.334 e. The third-order valence-corrected chi connectivity index (χ3v) is 3.07. The first-order valence-corrected chi connectivity index (χ1v) is 6.17. The lowest BCUT2D eigenvalue weighted by Gasteiger charge is -2.24. The van der Waals surface area contributed by atoms with Crippen LogP contribution >= 0.6 is 0 Å². The van der Waals surface area contributed by atoms with E-state index in [0.717, 1.165) is 18.4 Å². The summed E-state index contributed by atoms with van der Waals surface area (Å²) in [4.78, 5) is 13.9. The zero-order chi connectivity index (χ0) is 13.1. The average molecular weight is 243 g/mol. The highest BCUT2D eigenvalue weighted by atomic mass is 16.2. The number of carbonyl (C=O) groups is 1. The normalized spacial score (nSPS) is 15.8. The molecule has 0 spiro atoms. The van der Waals surface area contributed by atoms with Gasteiger partial charge in [-0.2, -0.15) is 5.26 Å². The predicted octanol–water partition coefficient (Wildman–Crippen LogP) is 1.40. The van der Waals surface area contributed by atoms with E-state index >= 15 is 0 Å². The summed E-state index contributed by atoms with van der Waals surface area (Å²) in [5.41, 5.74) is 7.27. The van der Waals surface area contributed by atoms with Crippen LogP contribution in [-0.4, -0.2) is 22.9 Å².